The van der Waals surface area contributed by atoms with Crippen LogP contribution in [-0.4, -0.2) is 37.2 Å². The maximum absolute atomic E-state index is 12.7. The van der Waals surface area contributed by atoms with Crippen molar-refractivity contribution in [2.45, 2.75) is 19.6 Å². The summed E-state index contributed by atoms with van der Waals surface area (Å²) in [4.78, 5) is 14.5. The number of urea groups is 1. The number of carbonyl (C=O) groups is 1. The Hall–Kier alpha value is -2.08. The molecule has 0 saturated carbocycles. The molecule has 2 amide bonds. The fourth-order valence-corrected chi connectivity index (χ4v) is 3.01. The van der Waals surface area contributed by atoms with Gasteiger partial charge in [0.25, 0.3) is 0 Å². The lowest BCUT2D eigenvalue weighted by Crippen LogP contribution is -2.44. The molecule has 0 aliphatic carbocycles. The Kier molecular flexibility index (Phi) is 6.50. The zero-order valence-corrected chi connectivity index (χ0v) is 15.5. The molecule has 1 N–H and O–H groups in total. The van der Waals surface area contributed by atoms with Gasteiger partial charge in [-0.25, -0.2) is 4.79 Å². The van der Waals surface area contributed by atoms with Gasteiger partial charge in [-0.15, -0.1) is 0 Å². The van der Waals surface area contributed by atoms with Gasteiger partial charge in [0.2, 0.25) is 0 Å². The number of anilines is 1. The largest absolute Gasteiger partial charge is 0.377 e. The predicted octanol–water partition coefficient (Wildman–Crippen LogP) is 4.48. The first-order valence-corrected chi connectivity index (χ1v) is 9.14. The van der Waals surface area contributed by atoms with Crippen LogP contribution < -0.4 is 5.32 Å². The number of ether oxygens (including phenoxy) is 2. The average Bonchev–Trinajstić information content (AvgIpc) is 2.68. The van der Waals surface area contributed by atoms with E-state index in [1.54, 1.807) is 4.90 Å². The van der Waals surface area contributed by atoms with Crippen molar-refractivity contribution in [3.05, 3.63) is 64.7 Å². The summed E-state index contributed by atoms with van der Waals surface area (Å²) in [5.41, 5.74) is 2.76. The van der Waals surface area contributed by atoms with Gasteiger partial charge in [-0.1, -0.05) is 41.9 Å². The Balaban J connectivity index is 1.65. The molecule has 1 aliphatic heterocycles. The van der Waals surface area contributed by atoms with E-state index in [1.807, 2.05) is 55.5 Å². The van der Waals surface area contributed by atoms with Crippen LogP contribution in [0, 0.1) is 0 Å². The van der Waals surface area contributed by atoms with Crippen LogP contribution in [-0.2, 0) is 16.1 Å². The fourth-order valence-electron chi connectivity index (χ4n) is 2.89. The highest BCUT2D eigenvalue weighted by Crippen LogP contribution is 2.24. The van der Waals surface area contributed by atoms with E-state index in [1.165, 1.54) is 0 Å². The third-order valence-corrected chi connectivity index (χ3v) is 4.57. The van der Waals surface area contributed by atoms with Crippen LogP contribution in [0.1, 0.15) is 24.2 Å². The van der Waals surface area contributed by atoms with E-state index < -0.39 is 0 Å². The number of benzene rings is 2. The number of carbonyl (C=O) groups excluding carboxylic acids is 1. The first-order chi connectivity index (χ1) is 12.7. The van der Waals surface area contributed by atoms with Crippen molar-refractivity contribution < 1.29 is 14.3 Å². The molecule has 6 heteroatoms. The van der Waals surface area contributed by atoms with Crippen molar-refractivity contribution in [1.82, 2.24) is 4.90 Å². The van der Waals surface area contributed by atoms with Crippen molar-refractivity contribution in [3.63, 3.8) is 0 Å². The van der Waals surface area contributed by atoms with Gasteiger partial charge >= 0.3 is 6.03 Å². The Bertz CT molecular complexity index is 736. The molecule has 2 aromatic carbocycles. The lowest BCUT2D eigenvalue weighted by atomic mass is 10.1. The second kappa shape index (κ2) is 9.03. The molecule has 0 bridgehead atoms. The van der Waals surface area contributed by atoms with E-state index in [0.29, 0.717) is 37.9 Å². The topological polar surface area (TPSA) is 50.8 Å². The number of morpholine rings is 1. The minimum absolute atomic E-state index is 0.129. The van der Waals surface area contributed by atoms with Crippen molar-refractivity contribution >= 4 is 23.3 Å². The summed E-state index contributed by atoms with van der Waals surface area (Å²) in [5.74, 6) is 0. The number of hydrogen-bond donors (Lipinski definition) is 1. The average molecular weight is 375 g/mol. The normalized spacial score (nSPS) is 17.2. The van der Waals surface area contributed by atoms with Crippen molar-refractivity contribution in [2.75, 3.05) is 31.6 Å². The molecule has 1 heterocycles. The van der Waals surface area contributed by atoms with Crippen LogP contribution in [0.25, 0.3) is 0 Å². The highest BCUT2D eigenvalue weighted by molar-refractivity contribution is 6.30. The molecule has 0 spiro atoms. The quantitative estimate of drug-likeness (QED) is 0.839. The molecule has 1 atom stereocenters. The predicted molar refractivity (Wildman–Crippen MR) is 103 cm³/mol. The van der Waals surface area contributed by atoms with Gasteiger partial charge in [0.15, 0.2) is 0 Å². The number of para-hydroxylation sites is 1. The third kappa shape index (κ3) is 4.75. The van der Waals surface area contributed by atoms with Crippen LogP contribution in [0.3, 0.4) is 0 Å². The number of nitrogens with zero attached hydrogens (tertiary/aromatic N) is 1. The molecule has 138 valence electrons. The zero-order chi connectivity index (χ0) is 18.4. The Labute approximate surface area is 158 Å². The molecule has 0 aromatic heterocycles. The molecule has 1 aliphatic rings. The van der Waals surface area contributed by atoms with Gasteiger partial charge in [0, 0.05) is 29.4 Å². The summed E-state index contributed by atoms with van der Waals surface area (Å²) in [6.45, 7) is 4.62. The summed E-state index contributed by atoms with van der Waals surface area (Å²) in [7, 11) is 0. The van der Waals surface area contributed by atoms with Gasteiger partial charge in [0.1, 0.15) is 6.10 Å². The fraction of sp³-hybridized carbons (Fsp3) is 0.350. The minimum atomic E-state index is -0.148. The number of hydrogen-bond acceptors (Lipinski definition) is 3. The van der Waals surface area contributed by atoms with Gasteiger partial charge in [-0.05, 0) is 30.7 Å². The standard InChI is InChI=1S/C20H23ClN2O3/c1-2-25-14-16-5-3-4-6-18(16)22-20(24)23-11-12-26-19(13-23)15-7-9-17(21)10-8-15/h3-10,19H,2,11-14H2,1H3,(H,22,24). The van der Waals surface area contributed by atoms with Crippen LogP contribution in [0.4, 0.5) is 10.5 Å². The van der Waals surface area contributed by atoms with E-state index in [2.05, 4.69) is 5.32 Å². The maximum atomic E-state index is 12.7. The lowest BCUT2D eigenvalue weighted by Gasteiger charge is -2.33. The molecule has 1 saturated heterocycles. The summed E-state index contributed by atoms with van der Waals surface area (Å²) in [6.07, 6.45) is -0.148. The maximum Gasteiger partial charge on any atom is 0.322 e. The molecule has 1 unspecified atom stereocenters. The molecule has 5 nitrogen and oxygen atoms in total. The Morgan fingerprint density at radius 2 is 2.04 bits per heavy atom. The van der Waals surface area contributed by atoms with Crippen LogP contribution in [0.2, 0.25) is 5.02 Å². The molecule has 26 heavy (non-hydrogen) atoms. The second-order valence-corrected chi connectivity index (χ2v) is 6.52. The first kappa shape index (κ1) is 18.7. The Morgan fingerprint density at radius 1 is 1.27 bits per heavy atom. The van der Waals surface area contributed by atoms with E-state index in [4.69, 9.17) is 21.1 Å². The lowest BCUT2D eigenvalue weighted by molar-refractivity contribution is -0.0135. The number of amides is 2. The van der Waals surface area contributed by atoms with Gasteiger partial charge in [-0.3, -0.25) is 0 Å². The van der Waals surface area contributed by atoms with E-state index in [9.17, 15) is 4.79 Å². The first-order valence-electron chi connectivity index (χ1n) is 8.76. The Morgan fingerprint density at radius 3 is 2.81 bits per heavy atom. The third-order valence-electron chi connectivity index (χ3n) is 4.32. The van der Waals surface area contributed by atoms with Crippen molar-refractivity contribution in [3.8, 4) is 0 Å². The molecule has 1 fully saturated rings. The monoisotopic (exact) mass is 374 g/mol. The number of rotatable bonds is 5. The van der Waals surface area contributed by atoms with Crippen LogP contribution >= 0.6 is 11.6 Å². The molecule has 2 aromatic rings. The van der Waals surface area contributed by atoms with Crippen LogP contribution in [0.15, 0.2) is 48.5 Å². The van der Waals surface area contributed by atoms with Crippen molar-refractivity contribution in [2.24, 2.45) is 0 Å². The van der Waals surface area contributed by atoms with Crippen LogP contribution in [0.5, 0.6) is 0 Å². The highest BCUT2D eigenvalue weighted by Gasteiger charge is 2.25. The van der Waals surface area contributed by atoms with Gasteiger partial charge in [-0.2, -0.15) is 0 Å². The molecule has 3 rings (SSSR count). The summed E-state index contributed by atoms with van der Waals surface area (Å²) >= 11 is 5.95. The van der Waals surface area contributed by atoms with E-state index in [0.717, 1.165) is 16.8 Å². The summed E-state index contributed by atoms with van der Waals surface area (Å²) in [6, 6.07) is 15.1. The molecular formula is C20H23ClN2O3. The van der Waals surface area contributed by atoms with Gasteiger partial charge < -0.3 is 19.7 Å². The SMILES string of the molecule is CCOCc1ccccc1NC(=O)N1CCOC(c2ccc(Cl)cc2)C1. The van der Waals surface area contributed by atoms with Crippen molar-refractivity contribution in [1.29, 1.82) is 0 Å². The number of halogens is 1. The zero-order valence-electron chi connectivity index (χ0n) is 14.8. The summed E-state index contributed by atoms with van der Waals surface area (Å²) in [5, 5.41) is 3.69. The van der Waals surface area contributed by atoms with E-state index in [-0.39, 0.29) is 12.1 Å². The minimum Gasteiger partial charge on any atom is -0.377 e. The van der Waals surface area contributed by atoms with E-state index >= 15 is 0 Å². The smallest absolute Gasteiger partial charge is 0.322 e. The molecule has 0 radical (unpaired) electrons. The van der Waals surface area contributed by atoms with Gasteiger partial charge in [0.05, 0.1) is 19.8 Å². The highest BCUT2D eigenvalue weighted by atomic mass is 35.5. The second-order valence-electron chi connectivity index (χ2n) is 6.08. The molecular weight excluding hydrogens is 352 g/mol. The number of nitrogens with one attached hydrogen (secondary N) is 1. The summed E-state index contributed by atoms with van der Waals surface area (Å²) < 4.78 is 11.3.